The number of ether oxygens (including phenoxy) is 2. The molecular weight excluding hydrogens is 686 g/mol. The van der Waals surface area contributed by atoms with Crippen molar-refractivity contribution >= 4 is 5.91 Å². The zero-order valence-electron chi connectivity index (χ0n) is 33.8. The average Bonchev–Trinajstić information content (AvgIpc) is 3.21. The minimum Gasteiger partial charge on any atom is -0.493 e. The molecule has 1 heterocycles. The highest BCUT2D eigenvalue weighted by molar-refractivity contribution is 5.76. The molecule has 0 saturated carbocycles. The van der Waals surface area contributed by atoms with Gasteiger partial charge in [-0.2, -0.15) is 0 Å². The largest absolute Gasteiger partial charge is 0.493 e. The van der Waals surface area contributed by atoms with Crippen LogP contribution in [0.3, 0.4) is 0 Å². The summed E-state index contributed by atoms with van der Waals surface area (Å²) in [5.74, 6) is 2.11. The molecule has 0 bridgehead atoms. The fraction of sp³-hybridized carbons (Fsp3) is 0.479. The van der Waals surface area contributed by atoms with E-state index in [2.05, 4.69) is 102 Å². The molecule has 0 saturated heterocycles. The monoisotopic (exact) mass is 749 g/mol. The summed E-state index contributed by atoms with van der Waals surface area (Å²) < 4.78 is 24.9. The maximum Gasteiger partial charge on any atom is 0.220 e. The summed E-state index contributed by atoms with van der Waals surface area (Å²) in [4.78, 5) is 15.6. The third-order valence-corrected chi connectivity index (χ3v) is 11.5. The second-order valence-electron chi connectivity index (χ2n) is 15.6. The van der Waals surface area contributed by atoms with Crippen molar-refractivity contribution in [3.05, 3.63) is 131 Å². The molecule has 296 valence electrons. The number of hydrogen-bond donors (Lipinski definition) is 2. The zero-order chi connectivity index (χ0) is 38.9. The number of hydrogen-bond acceptors (Lipinski definition) is 5. The van der Waals surface area contributed by atoms with E-state index in [0.717, 1.165) is 94.1 Å². The molecule has 0 aliphatic carbocycles. The number of amides is 1. The van der Waals surface area contributed by atoms with Crippen LogP contribution >= 0.6 is 0 Å². The van der Waals surface area contributed by atoms with Gasteiger partial charge in [0.25, 0.3) is 0 Å². The fourth-order valence-electron chi connectivity index (χ4n) is 8.37. The van der Waals surface area contributed by atoms with Gasteiger partial charge >= 0.3 is 0 Å². The van der Waals surface area contributed by atoms with Gasteiger partial charge in [-0.1, -0.05) is 93.1 Å². The Morgan fingerprint density at radius 1 is 0.818 bits per heavy atom. The van der Waals surface area contributed by atoms with E-state index in [4.69, 9.17) is 9.47 Å². The Bertz CT molecular complexity index is 1670. The van der Waals surface area contributed by atoms with E-state index in [1.165, 1.54) is 47.2 Å². The van der Waals surface area contributed by atoms with E-state index in [0.29, 0.717) is 25.4 Å². The van der Waals surface area contributed by atoms with Crippen molar-refractivity contribution in [3.63, 3.8) is 0 Å². The number of rotatable bonds is 23. The van der Waals surface area contributed by atoms with Crippen LogP contribution in [0.15, 0.2) is 97.1 Å². The molecule has 1 amide bonds. The van der Waals surface area contributed by atoms with Crippen molar-refractivity contribution < 1.29 is 18.7 Å². The minimum absolute atomic E-state index is 0.0337. The molecule has 1 aliphatic rings. The first-order chi connectivity index (χ1) is 26.8. The van der Waals surface area contributed by atoms with Crippen LogP contribution in [0.2, 0.25) is 0 Å². The van der Waals surface area contributed by atoms with Crippen molar-refractivity contribution in [2.45, 2.75) is 95.9 Å². The van der Waals surface area contributed by atoms with Crippen LogP contribution in [-0.4, -0.2) is 57.8 Å². The normalized spacial score (nSPS) is 14.5. The number of aryl methyl sites for hydroxylation is 1. The van der Waals surface area contributed by atoms with Gasteiger partial charge in [0.15, 0.2) is 11.5 Å². The number of halogens is 1. The lowest BCUT2D eigenvalue weighted by Crippen LogP contribution is -2.37. The Morgan fingerprint density at radius 3 is 2.13 bits per heavy atom. The zero-order valence-corrected chi connectivity index (χ0v) is 33.8. The van der Waals surface area contributed by atoms with E-state index in [9.17, 15) is 9.18 Å². The third-order valence-electron chi connectivity index (χ3n) is 11.5. The minimum atomic E-state index is -0.257. The molecule has 0 aromatic heterocycles. The van der Waals surface area contributed by atoms with Crippen molar-refractivity contribution in [1.29, 1.82) is 0 Å². The summed E-state index contributed by atoms with van der Waals surface area (Å²) in [6.07, 6.45) is 10.5. The predicted octanol–water partition coefficient (Wildman–Crippen LogP) is 9.84. The Kier molecular flexibility index (Phi) is 16.6. The van der Waals surface area contributed by atoms with E-state index >= 15 is 0 Å². The highest BCUT2D eigenvalue weighted by Crippen LogP contribution is 2.43. The van der Waals surface area contributed by atoms with Crippen LogP contribution in [0.1, 0.15) is 105 Å². The molecule has 0 fully saturated rings. The Hall–Kier alpha value is -4.20. The number of unbranched alkanes of at least 4 members (excludes halogenated alkanes) is 1. The lowest BCUT2D eigenvalue weighted by molar-refractivity contribution is -0.121. The molecule has 55 heavy (non-hydrogen) atoms. The first-order valence-corrected chi connectivity index (χ1v) is 20.6. The summed E-state index contributed by atoms with van der Waals surface area (Å²) in [6, 6.07) is 33.1. The summed E-state index contributed by atoms with van der Waals surface area (Å²) in [6.45, 7) is 9.35. The number of nitrogens with zero attached hydrogens (tertiary/aromatic N) is 1. The molecular formula is C48H64FN3O3. The number of benzene rings is 4. The number of methoxy groups -OCH3 is 2. The van der Waals surface area contributed by atoms with Crippen LogP contribution in [0.5, 0.6) is 11.5 Å². The summed E-state index contributed by atoms with van der Waals surface area (Å²) in [5.41, 5.74) is 6.18. The quantitative estimate of drug-likeness (QED) is 0.0740. The Morgan fingerprint density at radius 2 is 1.47 bits per heavy atom. The Labute approximate surface area is 330 Å². The van der Waals surface area contributed by atoms with Gasteiger partial charge in [0.05, 0.1) is 14.2 Å². The molecule has 0 spiro atoms. The van der Waals surface area contributed by atoms with Crippen LogP contribution in [-0.2, 0) is 23.1 Å². The smallest absolute Gasteiger partial charge is 0.220 e. The molecule has 0 radical (unpaired) electrons. The SMILES string of the molecule is COc1cc2c(cc1OC)C(CCCCNCCC(C)C)N(CCCC(CCCNC(=O)CCc1ccc(F)cc1)(c1ccccc1)c1ccccc1)CC2. The lowest BCUT2D eigenvalue weighted by atomic mass is 9.68. The number of fused-ring (bicyclic) bond motifs is 1. The van der Waals surface area contributed by atoms with Gasteiger partial charge in [-0.05, 0) is 135 Å². The van der Waals surface area contributed by atoms with Gasteiger partial charge in [-0.25, -0.2) is 4.39 Å². The van der Waals surface area contributed by atoms with E-state index in [-0.39, 0.29) is 17.1 Å². The molecule has 5 rings (SSSR count). The molecule has 7 heteroatoms. The summed E-state index contributed by atoms with van der Waals surface area (Å²) in [5, 5.41) is 6.83. The topological polar surface area (TPSA) is 62.8 Å². The van der Waals surface area contributed by atoms with Crippen molar-refractivity contribution in [1.82, 2.24) is 15.5 Å². The van der Waals surface area contributed by atoms with Crippen LogP contribution < -0.4 is 20.1 Å². The van der Waals surface area contributed by atoms with E-state index < -0.39 is 0 Å². The first-order valence-electron chi connectivity index (χ1n) is 20.6. The highest BCUT2D eigenvalue weighted by Gasteiger charge is 2.35. The number of nitrogens with one attached hydrogen (secondary N) is 2. The van der Waals surface area contributed by atoms with Crippen molar-refractivity contribution in [2.24, 2.45) is 5.92 Å². The Balaban J connectivity index is 1.29. The van der Waals surface area contributed by atoms with Gasteiger partial charge in [0.2, 0.25) is 5.91 Å². The number of carbonyl (C=O) groups excluding carboxylic acids is 1. The second kappa shape index (κ2) is 21.8. The molecule has 1 unspecified atom stereocenters. The fourth-order valence-corrected chi connectivity index (χ4v) is 8.37. The van der Waals surface area contributed by atoms with Gasteiger partial charge in [0.1, 0.15) is 5.82 Å². The molecule has 1 aliphatic heterocycles. The van der Waals surface area contributed by atoms with Gasteiger partial charge in [0, 0.05) is 31.0 Å². The van der Waals surface area contributed by atoms with Crippen molar-refractivity contribution in [3.8, 4) is 11.5 Å². The number of carbonyl (C=O) groups is 1. The summed E-state index contributed by atoms with van der Waals surface area (Å²) >= 11 is 0. The maximum absolute atomic E-state index is 13.3. The van der Waals surface area contributed by atoms with E-state index in [1.807, 2.05) is 0 Å². The lowest BCUT2D eigenvalue weighted by Gasteiger charge is -2.40. The van der Waals surface area contributed by atoms with Crippen LogP contribution in [0, 0.1) is 11.7 Å². The predicted molar refractivity (Wildman–Crippen MR) is 224 cm³/mol. The standard InChI is InChI=1S/C48H64FN3O3/c1-37(2)26-32-50-30-12-11-19-44-43-36-46(55-4)45(54-3)35-39(43)27-34-52(44)33-14-29-48(40-15-7-5-8-16-40,41-17-9-6-10-18-41)28-13-31-51-47(53)25-22-38-20-23-42(49)24-21-38/h5-10,15-18,20-21,23-24,35-37,44,50H,11-14,19,22,25-34H2,1-4H3,(H,51,53). The van der Waals surface area contributed by atoms with E-state index in [1.54, 1.807) is 26.4 Å². The van der Waals surface area contributed by atoms with Gasteiger partial charge < -0.3 is 20.1 Å². The molecule has 4 aromatic rings. The van der Waals surface area contributed by atoms with Crippen LogP contribution in [0.25, 0.3) is 0 Å². The van der Waals surface area contributed by atoms with Crippen molar-refractivity contribution in [2.75, 3.05) is 46.9 Å². The van der Waals surface area contributed by atoms with Gasteiger partial charge in [-0.3, -0.25) is 9.69 Å². The molecule has 4 aromatic carbocycles. The maximum atomic E-state index is 13.3. The highest BCUT2D eigenvalue weighted by atomic mass is 19.1. The van der Waals surface area contributed by atoms with Gasteiger partial charge in [-0.15, -0.1) is 0 Å². The molecule has 6 nitrogen and oxygen atoms in total. The summed E-state index contributed by atoms with van der Waals surface area (Å²) in [7, 11) is 3.45. The molecule has 2 N–H and O–H groups in total. The molecule has 1 atom stereocenters. The second-order valence-corrected chi connectivity index (χ2v) is 15.6. The first kappa shape index (κ1) is 42.0. The van der Waals surface area contributed by atoms with Crippen LogP contribution in [0.4, 0.5) is 4.39 Å². The third kappa shape index (κ3) is 12.1. The average molecular weight is 750 g/mol.